The number of nitrogens with zero attached hydrogens (tertiary/aromatic N) is 1. The van der Waals surface area contributed by atoms with Crippen LogP contribution in [-0.2, 0) is 0 Å². The number of thiazole rings is 1. The van der Waals surface area contributed by atoms with E-state index in [1.807, 2.05) is 0 Å². The summed E-state index contributed by atoms with van der Waals surface area (Å²) in [6, 6.07) is 3.48. The Morgan fingerprint density at radius 2 is 2.46 bits per heavy atom. The van der Waals surface area contributed by atoms with Crippen LogP contribution >= 0.6 is 33.9 Å². The van der Waals surface area contributed by atoms with E-state index < -0.39 is 6.10 Å². The van der Waals surface area contributed by atoms with Crippen LogP contribution in [0, 0.1) is 2.88 Å². The summed E-state index contributed by atoms with van der Waals surface area (Å²) < 4.78 is 6.13. The van der Waals surface area contributed by atoms with Crippen LogP contribution < -0.4 is 0 Å². The maximum Gasteiger partial charge on any atom is 0.163 e. The third-order valence-corrected chi connectivity index (χ3v) is 3.32. The lowest BCUT2D eigenvalue weighted by Gasteiger charge is -2.01. The highest BCUT2D eigenvalue weighted by Gasteiger charge is 2.16. The second kappa shape index (κ2) is 3.77. The molecular formula is C8H6INO2S. The van der Waals surface area contributed by atoms with Crippen LogP contribution in [0.15, 0.2) is 29.0 Å². The molecule has 0 aliphatic heterocycles. The number of hydrogen-bond donors (Lipinski definition) is 1. The van der Waals surface area contributed by atoms with Crippen molar-refractivity contribution < 1.29 is 9.52 Å². The Kier molecular flexibility index (Phi) is 2.66. The SMILES string of the molecule is OC(c1ccco1)c1ncc(I)s1. The van der Waals surface area contributed by atoms with E-state index >= 15 is 0 Å². The van der Waals surface area contributed by atoms with Crippen LogP contribution in [0.1, 0.15) is 16.9 Å². The number of halogens is 1. The van der Waals surface area contributed by atoms with Crippen molar-refractivity contribution in [2.45, 2.75) is 6.10 Å². The smallest absolute Gasteiger partial charge is 0.163 e. The quantitative estimate of drug-likeness (QED) is 0.867. The van der Waals surface area contributed by atoms with E-state index in [2.05, 4.69) is 27.6 Å². The molecule has 0 amide bonds. The van der Waals surface area contributed by atoms with Crippen LogP contribution in [0.4, 0.5) is 0 Å². The monoisotopic (exact) mass is 307 g/mol. The minimum atomic E-state index is -0.733. The molecule has 2 aromatic heterocycles. The van der Waals surface area contributed by atoms with Crippen molar-refractivity contribution >= 4 is 33.9 Å². The molecule has 3 nitrogen and oxygen atoms in total. The van der Waals surface area contributed by atoms with Gasteiger partial charge in [-0.15, -0.1) is 11.3 Å². The van der Waals surface area contributed by atoms with Gasteiger partial charge in [-0.2, -0.15) is 0 Å². The molecule has 0 saturated heterocycles. The van der Waals surface area contributed by atoms with Gasteiger partial charge in [-0.25, -0.2) is 4.98 Å². The first-order chi connectivity index (χ1) is 6.27. The van der Waals surface area contributed by atoms with Crippen molar-refractivity contribution in [2.24, 2.45) is 0 Å². The zero-order valence-corrected chi connectivity index (χ0v) is 9.45. The Morgan fingerprint density at radius 1 is 1.62 bits per heavy atom. The highest BCUT2D eigenvalue weighted by atomic mass is 127. The Bertz CT molecular complexity index is 385. The fraction of sp³-hybridized carbons (Fsp3) is 0.125. The minimum Gasteiger partial charge on any atom is -0.466 e. The van der Waals surface area contributed by atoms with Crippen LogP contribution in [0.2, 0.25) is 0 Å². The summed E-state index contributed by atoms with van der Waals surface area (Å²) in [6.45, 7) is 0. The Morgan fingerprint density at radius 3 is 3.00 bits per heavy atom. The van der Waals surface area contributed by atoms with Gasteiger partial charge in [0, 0.05) is 0 Å². The van der Waals surface area contributed by atoms with Gasteiger partial charge in [-0.05, 0) is 34.7 Å². The van der Waals surface area contributed by atoms with Crippen molar-refractivity contribution in [3.05, 3.63) is 38.2 Å². The summed E-state index contributed by atoms with van der Waals surface area (Å²) in [5.74, 6) is 0.533. The Balaban J connectivity index is 2.28. The number of aliphatic hydroxyl groups excluding tert-OH is 1. The first-order valence-corrected chi connectivity index (χ1v) is 5.49. The highest BCUT2D eigenvalue weighted by molar-refractivity contribution is 14.1. The molecule has 1 atom stereocenters. The Hall–Kier alpha value is -0.400. The Labute approximate surface area is 92.6 Å². The molecule has 2 aromatic rings. The third kappa shape index (κ3) is 1.92. The molecule has 0 aromatic carbocycles. The number of hydrogen-bond acceptors (Lipinski definition) is 4. The largest absolute Gasteiger partial charge is 0.466 e. The zero-order valence-electron chi connectivity index (χ0n) is 6.48. The highest BCUT2D eigenvalue weighted by Crippen LogP contribution is 2.26. The summed E-state index contributed by atoms with van der Waals surface area (Å²) in [7, 11) is 0. The first-order valence-electron chi connectivity index (χ1n) is 3.60. The minimum absolute atomic E-state index is 0.533. The topological polar surface area (TPSA) is 46.3 Å². The second-order valence-corrected chi connectivity index (χ2v) is 5.38. The van der Waals surface area contributed by atoms with E-state index in [0.717, 1.165) is 2.88 Å². The number of aromatic nitrogens is 1. The number of rotatable bonds is 2. The van der Waals surface area contributed by atoms with Gasteiger partial charge in [-0.3, -0.25) is 0 Å². The molecule has 0 aliphatic carbocycles. The van der Waals surface area contributed by atoms with Gasteiger partial charge in [-0.1, -0.05) is 0 Å². The van der Waals surface area contributed by atoms with Gasteiger partial charge >= 0.3 is 0 Å². The van der Waals surface area contributed by atoms with E-state index in [4.69, 9.17) is 4.42 Å². The second-order valence-electron chi connectivity index (χ2n) is 2.42. The van der Waals surface area contributed by atoms with Gasteiger partial charge in [0.25, 0.3) is 0 Å². The van der Waals surface area contributed by atoms with Crippen molar-refractivity contribution in [1.29, 1.82) is 0 Å². The molecule has 13 heavy (non-hydrogen) atoms. The van der Waals surface area contributed by atoms with Gasteiger partial charge in [0.2, 0.25) is 0 Å². The van der Waals surface area contributed by atoms with E-state index in [0.29, 0.717) is 10.8 Å². The van der Waals surface area contributed by atoms with E-state index in [1.54, 1.807) is 18.3 Å². The lowest BCUT2D eigenvalue weighted by atomic mass is 10.3. The van der Waals surface area contributed by atoms with Gasteiger partial charge in [0.05, 0.1) is 15.3 Å². The van der Waals surface area contributed by atoms with E-state index in [-0.39, 0.29) is 0 Å². The van der Waals surface area contributed by atoms with Crippen LogP contribution in [0.5, 0.6) is 0 Å². The molecule has 0 aliphatic rings. The van der Waals surface area contributed by atoms with Gasteiger partial charge in [0.1, 0.15) is 10.8 Å². The third-order valence-electron chi connectivity index (χ3n) is 1.54. The predicted octanol–water partition coefficient (Wildman–Crippen LogP) is 2.42. The van der Waals surface area contributed by atoms with Crippen LogP contribution in [-0.4, -0.2) is 10.1 Å². The lowest BCUT2D eigenvalue weighted by Crippen LogP contribution is -1.96. The van der Waals surface area contributed by atoms with E-state index in [9.17, 15) is 5.11 Å². The van der Waals surface area contributed by atoms with Gasteiger partial charge in [0.15, 0.2) is 6.10 Å². The standard InChI is InChI=1S/C8H6INO2S/c9-6-4-10-8(13-6)7(11)5-2-1-3-12-5/h1-4,7,11H. The van der Waals surface area contributed by atoms with Crippen molar-refractivity contribution in [1.82, 2.24) is 4.98 Å². The van der Waals surface area contributed by atoms with Crippen molar-refractivity contribution in [2.75, 3.05) is 0 Å². The fourth-order valence-electron chi connectivity index (χ4n) is 0.962. The molecule has 0 radical (unpaired) electrons. The van der Waals surface area contributed by atoms with Crippen molar-refractivity contribution in [3.8, 4) is 0 Å². The van der Waals surface area contributed by atoms with Crippen LogP contribution in [0.25, 0.3) is 0 Å². The summed E-state index contributed by atoms with van der Waals surface area (Å²) in [4.78, 5) is 4.07. The summed E-state index contributed by atoms with van der Waals surface area (Å²) in [5.41, 5.74) is 0. The summed E-state index contributed by atoms with van der Waals surface area (Å²) in [6.07, 6.45) is 2.53. The molecule has 1 unspecified atom stereocenters. The molecule has 0 bridgehead atoms. The molecule has 0 fully saturated rings. The predicted molar refractivity (Wildman–Crippen MR) is 57.6 cm³/mol. The van der Waals surface area contributed by atoms with Gasteiger partial charge < -0.3 is 9.52 Å². The molecular weight excluding hydrogens is 301 g/mol. The van der Waals surface area contributed by atoms with Crippen molar-refractivity contribution in [3.63, 3.8) is 0 Å². The summed E-state index contributed by atoms with van der Waals surface area (Å²) >= 11 is 3.63. The van der Waals surface area contributed by atoms with Crippen LogP contribution in [0.3, 0.4) is 0 Å². The maximum atomic E-state index is 9.74. The maximum absolute atomic E-state index is 9.74. The molecule has 5 heteroatoms. The molecule has 2 rings (SSSR count). The fourth-order valence-corrected chi connectivity index (χ4v) is 2.42. The molecule has 1 N–H and O–H groups in total. The van der Waals surface area contributed by atoms with E-state index in [1.165, 1.54) is 17.6 Å². The number of aliphatic hydroxyl groups is 1. The molecule has 0 spiro atoms. The molecule has 2 heterocycles. The zero-order chi connectivity index (χ0) is 9.26. The first kappa shape index (κ1) is 9.17. The average molecular weight is 307 g/mol. The summed E-state index contributed by atoms with van der Waals surface area (Å²) in [5, 5.41) is 10.4. The molecule has 0 saturated carbocycles. The molecule has 68 valence electrons. The average Bonchev–Trinajstić information content (AvgIpc) is 2.72. The normalized spacial score (nSPS) is 13.1. The lowest BCUT2D eigenvalue weighted by molar-refractivity contribution is 0.189. The number of furan rings is 1.